The van der Waals surface area contributed by atoms with Crippen LogP contribution in [0.1, 0.15) is 44.6 Å². The number of carboxylic acid groups (broad SMARTS) is 2. The van der Waals surface area contributed by atoms with Crippen molar-refractivity contribution >= 4 is 35.2 Å². The fourth-order valence-electron chi connectivity index (χ4n) is 4.26. The van der Waals surface area contributed by atoms with Crippen LogP contribution in [0.25, 0.3) is 0 Å². The second kappa shape index (κ2) is 18.9. The number of guanidine groups is 1. The maximum Gasteiger partial charge on any atom is 0.333 e. The highest BCUT2D eigenvalue weighted by molar-refractivity contribution is 5.95. The smallest absolute Gasteiger partial charge is 0.333 e. The van der Waals surface area contributed by atoms with Crippen molar-refractivity contribution in [2.75, 3.05) is 43.1 Å². The summed E-state index contributed by atoms with van der Waals surface area (Å²) in [7, 11) is 0. The van der Waals surface area contributed by atoms with Crippen LogP contribution in [-0.2, 0) is 25.5 Å². The second-order valence-electron chi connectivity index (χ2n) is 9.86. The Kier molecular flexibility index (Phi) is 15.4. The third kappa shape index (κ3) is 13.0. The van der Waals surface area contributed by atoms with Crippen LogP contribution < -0.4 is 31.7 Å². The van der Waals surface area contributed by atoms with Gasteiger partial charge in [0.2, 0.25) is 5.91 Å². The number of carbonyl (C=O) groups is 3. The number of hydrogen-bond acceptors (Lipinski definition) is 8. The Bertz CT molecular complexity index is 1180. The second-order valence-corrected chi connectivity index (χ2v) is 9.86. The largest absolute Gasteiger partial charge is 0.490 e. The number of rotatable bonds is 16. The van der Waals surface area contributed by atoms with Crippen LogP contribution in [0.3, 0.4) is 0 Å². The molecular weight excluding hydrogens is 556 g/mol. The number of para-hydroxylation sites is 2. The molecule has 2 aromatic rings. The number of anilines is 2. The Morgan fingerprint density at radius 2 is 1.77 bits per heavy atom. The Morgan fingerprint density at radius 1 is 1.05 bits per heavy atom. The van der Waals surface area contributed by atoms with Gasteiger partial charge in [0.1, 0.15) is 18.4 Å². The summed E-state index contributed by atoms with van der Waals surface area (Å²) in [5, 5.41) is 30.3. The van der Waals surface area contributed by atoms with Gasteiger partial charge in [-0.2, -0.15) is 0 Å². The van der Waals surface area contributed by atoms with E-state index >= 15 is 0 Å². The lowest BCUT2D eigenvalue weighted by atomic mass is 10.1. The molecule has 0 radical (unpaired) electrons. The first-order valence-electron chi connectivity index (χ1n) is 14.4. The van der Waals surface area contributed by atoms with Gasteiger partial charge in [0, 0.05) is 38.2 Å². The van der Waals surface area contributed by atoms with E-state index in [0.717, 1.165) is 42.1 Å². The van der Waals surface area contributed by atoms with E-state index in [4.69, 9.17) is 31.5 Å². The quantitative estimate of drug-likeness (QED) is 0.0844. The monoisotopic (exact) mass is 600 g/mol. The van der Waals surface area contributed by atoms with Crippen molar-refractivity contribution in [2.24, 2.45) is 11.5 Å². The summed E-state index contributed by atoms with van der Waals surface area (Å²) >= 11 is 0. The molecule has 236 valence electrons. The Labute approximate surface area is 252 Å². The fraction of sp³-hybridized carbons (Fsp3) is 0.467. The molecule has 1 amide bonds. The number of ether oxygens (including phenoxy) is 2. The lowest BCUT2D eigenvalue weighted by Crippen LogP contribution is -2.37. The standard InChI is InChI=1S/C24H30N2O5.C6H14N4O2/c1-2-30-22(24(28)29)17-18-10-12-19(13-11-18)25-14-6-5-9-23(27)26-15-16-31-21-8-4-3-7-20(21)26;7-4(5(11)12)2-1-3-10-6(8)9/h3-4,7-8,10-13,22,25H,2,5-6,9,14-17H2,1H3,(H,28,29);4H,1-3,7H2,(H,11,12)(H4,8,9,10)/t;4-/m.0/s1. The summed E-state index contributed by atoms with van der Waals surface area (Å²) in [6, 6.07) is 14.5. The minimum absolute atomic E-state index is 0.112. The van der Waals surface area contributed by atoms with Crippen LogP contribution in [0, 0.1) is 5.41 Å². The average molecular weight is 601 g/mol. The van der Waals surface area contributed by atoms with E-state index in [-0.39, 0.29) is 11.9 Å². The SMILES string of the molecule is CCOC(Cc1ccc(NCCCCC(=O)N2CCOc3ccccc32)cc1)C(=O)O.N=C(N)NCCC[C@H](N)C(=O)O. The number of carbonyl (C=O) groups excluding carboxylic acids is 1. The molecule has 0 spiro atoms. The lowest BCUT2D eigenvalue weighted by Gasteiger charge is -2.29. The van der Waals surface area contributed by atoms with E-state index in [2.05, 4.69) is 10.6 Å². The van der Waals surface area contributed by atoms with Gasteiger partial charge in [0.15, 0.2) is 12.1 Å². The molecule has 0 bridgehead atoms. The molecule has 13 heteroatoms. The van der Waals surface area contributed by atoms with Crippen LogP contribution in [0.5, 0.6) is 5.75 Å². The number of unbranched alkanes of at least 4 members (excludes halogenated alkanes) is 1. The predicted molar refractivity (Wildman–Crippen MR) is 165 cm³/mol. The van der Waals surface area contributed by atoms with Gasteiger partial charge in [-0.1, -0.05) is 24.3 Å². The molecule has 1 aliphatic heterocycles. The van der Waals surface area contributed by atoms with Gasteiger partial charge in [-0.25, -0.2) is 4.79 Å². The summed E-state index contributed by atoms with van der Waals surface area (Å²) in [5.41, 5.74) is 13.0. The molecular formula is C30H44N6O7. The maximum atomic E-state index is 12.6. The number of nitrogens with zero attached hydrogens (tertiary/aromatic N) is 1. The highest BCUT2D eigenvalue weighted by Gasteiger charge is 2.22. The summed E-state index contributed by atoms with van der Waals surface area (Å²) in [5.74, 6) is -1.17. The number of aliphatic carboxylic acids is 2. The van der Waals surface area contributed by atoms with E-state index in [1.807, 2.05) is 53.4 Å². The van der Waals surface area contributed by atoms with Crippen LogP contribution in [-0.4, -0.2) is 79.0 Å². The minimum Gasteiger partial charge on any atom is -0.490 e. The van der Waals surface area contributed by atoms with Crippen LogP contribution in [0.15, 0.2) is 48.5 Å². The lowest BCUT2D eigenvalue weighted by molar-refractivity contribution is -0.150. The van der Waals surface area contributed by atoms with Gasteiger partial charge in [0.25, 0.3) is 0 Å². The van der Waals surface area contributed by atoms with E-state index < -0.39 is 24.1 Å². The highest BCUT2D eigenvalue weighted by Crippen LogP contribution is 2.31. The Balaban J connectivity index is 0.000000455. The number of fused-ring (bicyclic) bond motifs is 1. The summed E-state index contributed by atoms with van der Waals surface area (Å²) < 4.78 is 10.9. The average Bonchev–Trinajstić information content (AvgIpc) is 2.99. The van der Waals surface area contributed by atoms with Gasteiger partial charge >= 0.3 is 11.9 Å². The zero-order valence-corrected chi connectivity index (χ0v) is 24.6. The normalized spacial score (nSPS) is 13.3. The molecule has 0 aliphatic carbocycles. The van der Waals surface area contributed by atoms with Crippen molar-refractivity contribution < 1.29 is 34.1 Å². The van der Waals surface area contributed by atoms with Gasteiger partial charge in [0.05, 0.1) is 12.2 Å². The zero-order valence-electron chi connectivity index (χ0n) is 24.6. The molecule has 0 saturated heterocycles. The molecule has 43 heavy (non-hydrogen) atoms. The molecule has 0 aromatic heterocycles. The summed E-state index contributed by atoms with van der Waals surface area (Å²) in [6.07, 6.45) is 2.69. The van der Waals surface area contributed by atoms with Crippen molar-refractivity contribution in [3.63, 3.8) is 0 Å². The number of hydrogen-bond donors (Lipinski definition) is 7. The molecule has 3 rings (SSSR count). The van der Waals surface area contributed by atoms with Crippen LogP contribution in [0.2, 0.25) is 0 Å². The molecule has 2 atom stereocenters. The molecule has 0 fully saturated rings. The van der Waals surface area contributed by atoms with E-state index in [0.29, 0.717) is 52.0 Å². The van der Waals surface area contributed by atoms with Gasteiger partial charge in [-0.3, -0.25) is 15.0 Å². The van der Waals surface area contributed by atoms with Crippen molar-refractivity contribution in [1.29, 1.82) is 5.41 Å². The number of nitrogens with two attached hydrogens (primary N) is 2. The Morgan fingerprint density at radius 3 is 2.42 bits per heavy atom. The third-order valence-electron chi connectivity index (χ3n) is 6.52. The number of nitrogens with one attached hydrogen (secondary N) is 3. The summed E-state index contributed by atoms with van der Waals surface area (Å²) in [6.45, 7) is 4.53. The van der Waals surface area contributed by atoms with Crippen molar-refractivity contribution in [3.8, 4) is 5.75 Å². The van der Waals surface area contributed by atoms with E-state index in [1.54, 1.807) is 6.92 Å². The molecule has 9 N–H and O–H groups in total. The molecule has 1 unspecified atom stereocenters. The van der Waals surface area contributed by atoms with E-state index in [9.17, 15) is 19.5 Å². The van der Waals surface area contributed by atoms with Crippen LogP contribution >= 0.6 is 0 Å². The zero-order chi connectivity index (χ0) is 31.6. The predicted octanol–water partition coefficient (Wildman–Crippen LogP) is 2.39. The first-order valence-corrected chi connectivity index (χ1v) is 14.4. The van der Waals surface area contributed by atoms with Gasteiger partial charge in [-0.15, -0.1) is 0 Å². The first kappa shape index (κ1) is 34.8. The number of carboxylic acids is 2. The first-order chi connectivity index (χ1) is 20.6. The van der Waals surface area contributed by atoms with Crippen LogP contribution in [0.4, 0.5) is 11.4 Å². The molecule has 1 heterocycles. The van der Waals surface area contributed by atoms with Gasteiger partial charge in [-0.05, 0) is 62.4 Å². The molecule has 0 saturated carbocycles. The Hall–Kier alpha value is -4.36. The molecule has 13 nitrogen and oxygen atoms in total. The molecule has 2 aromatic carbocycles. The minimum atomic E-state index is -1.00. The van der Waals surface area contributed by atoms with Crippen molar-refractivity contribution in [2.45, 2.75) is 57.6 Å². The highest BCUT2D eigenvalue weighted by atomic mass is 16.5. The topological polar surface area (TPSA) is 213 Å². The molecule has 1 aliphatic rings. The van der Waals surface area contributed by atoms with Crippen molar-refractivity contribution in [3.05, 3.63) is 54.1 Å². The maximum absolute atomic E-state index is 12.6. The third-order valence-corrected chi connectivity index (χ3v) is 6.52. The fourth-order valence-corrected chi connectivity index (χ4v) is 4.26. The summed E-state index contributed by atoms with van der Waals surface area (Å²) in [4.78, 5) is 35.8. The number of amides is 1. The van der Waals surface area contributed by atoms with E-state index in [1.165, 1.54) is 0 Å². The van der Waals surface area contributed by atoms with Crippen molar-refractivity contribution in [1.82, 2.24) is 5.32 Å². The van der Waals surface area contributed by atoms with Gasteiger partial charge < -0.3 is 46.7 Å². The number of benzene rings is 2.